The molecule has 0 aliphatic carbocycles. The number of H-pyrrole nitrogens is 1. The Balaban J connectivity index is 1.54. The van der Waals surface area contributed by atoms with Gasteiger partial charge in [0.2, 0.25) is 0 Å². The number of amides is 1. The molecule has 3 heterocycles. The summed E-state index contributed by atoms with van der Waals surface area (Å²) in [6.07, 6.45) is 1.68. The monoisotopic (exact) mass is 429 g/mol. The second kappa shape index (κ2) is 8.13. The van der Waals surface area contributed by atoms with Crippen molar-refractivity contribution >= 4 is 24.5 Å². The van der Waals surface area contributed by atoms with Crippen LogP contribution in [0.4, 0.5) is 19.4 Å². The van der Waals surface area contributed by atoms with Crippen molar-refractivity contribution in [2.45, 2.75) is 30.9 Å². The Morgan fingerprint density at radius 1 is 1.26 bits per heavy atom. The highest BCUT2D eigenvalue weighted by molar-refractivity contribution is 6.02. The van der Waals surface area contributed by atoms with Gasteiger partial charge in [-0.3, -0.25) is 9.89 Å². The number of carbonyl (C=O) groups excluding carboxylic acids is 1. The summed E-state index contributed by atoms with van der Waals surface area (Å²) in [7, 11) is 1.61. The Hall–Kier alpha value is -3.23. The van der Waals surface area contributed by atoms with Crippen molar-refractivity contribution in [3.8, 4) is 0 Å². The van der Waals surface area contributed by atoms with Crippen LogP contribution >= 0.6 is 0 Å². The fraction of sp³-hybridized carbons (Fsp3) is 0.409. The van der Waals surface area contributed by atoms with Crippen molar-refractivity contribution < 1.29 is 18.3 Å². The molecule has 1 unspecified atom stereocenters. The average molecular weight is 429 g/mol. The zero-order valence-electron chi connectivity index (χ0n) is 17.4. The van der Waals surface area contributed by atoms with Gasteiger partial charge in [0.1, 0.15) is 23.8 Å². The maximum atomic E-state index is 14.9. The topological polar surface area (TPSA) is 73.3 Å². The molecular formula is C22H25F2N5O2. The number of nitrogens with zero attached hydrogens (tertiary/aromatic N) is 4. The van der Waals surface area contributed by atoms with Gasteiger partial charge in [-0.2, -0.15) is 0 Å². The third-order valence-corrected chi connectivity index (χ3v) is 6.09. The zero-order valence-corrected chi connectivity index (χ0v) is 17.4. The lowest BCUT2D eigenvalue weighted by Gasteiger charge is -2.60. The molecule has 9 heteroatoms. The van der Waals surface area contributed by atoms with E-state index < -0.39 is 24.1 Å². The van der Waals surface area contributed by atoms with Crippen LogP contribution in [0.15, 0.2) is 52.6 Å². The number of nitrogens with one attached hydrogen (secondary N) is 1. The van der Waals surface area contributed by atoms with E-state index in [9.17, 15) is 13.6 Å². The molecule has 0 radical (unpaired) electrons. The molecule has 0 saturated carbocycles. The summed E-state index contributed by atoms with van der Waals surface area (Å²) in [5.74, 6) is -1.93. The summed E-state index contributed by atoms with van der Waals surface area (Å²) in [5.41, 5.74) is -0.122. The van der Waals surface area contributed by atoms with Gasteiger partial charge < -0.3 is 14.6 Å². The smallest absolute Gasteiger partial charge is 0.411 e. The van der Waals surface area contributed by atoms with Crippen molar-refractivity contribution in [3.63, 3.8) is 0 Å². The van der Waals surface area contributed by atoms with Crippen molar-refractivity contribution in [3.05, 3.63) is 53.7 Å². The number of amidine groups is 1. The predicted molar refractivity (Wildman–Crippen MR) is 114 cm³/mol. The van der Waals surface area contributed by atoms with Gasteiger partial charge in [-0.05, 0) is 31.2 Å². The number of halogens is 2. The SMILES string of the molecule is C=Nc1[nH]ccc1/C(=N\C)N1CCCC2(C1)N(C(=O)OCc1ccccc1)CC2(F)F. The van der Waals surface area contributed by atoms with Crippen LogP contribution in [-0.4, -0.2) is 71.6 Å². The lowest BCUT2D eigenvalue weighted by atomic mass is 9.74. The fourth-order valence-electron chi connectivity index (χ4n) is 4.48. The van der Waals surface area contributed by atoms with E-state index in [2.05, 4.69) is 21.7 Å². The fourth-order valence-corrected chi connectivity index (χ4v) is 4.48. The van der Waals surface area contributed by atoms with Crippen LogP contribution in [0.2, 0.25) is 0 Å². The Morgan fingerprint density at radius 3 is 2.71 bits per heavy atom. The van der Waals surface area contributed by atoms with E-state index in [-0.39, 0.29) is 19.6 Å². The third kappa shape index (κ3) is 3.58. The van der Waals surface area contributed by atoms with Gasteiger partial charge in [-0.25, -0.2) is 18.6 Å². The van der Waals surface area contributed by atoms with Crippen LogP contribution in [-0.2, 0) is 11.3 Å². The Morgan fingerprint density at radius 2 is 2.03 bits per heavy atom. The Bertz CT molecular complexity index is 991. The molecule has 0 bridgehead atoms. The molecule has 2 fully saturated rings. The van der Waals surface area contributed by atoms with E-state index >= 15 is 0 Å². The summed E-state index contributed by atoms with van der Waals surface area (Å²) in [6, 6.07) is 11.0. The number of ether oxygens (including phenoxy) is 1. The number of hydrogen-bond acceptors (Lipinski definition) is 4. The summed E-state index contributed by atoms with van der Waals surface area (Å²) >= 11 is 0. The first-order chi connectivity index (χ1) is 14.9. The van der Waals surface area contributed by atoms with Crippen LogP contribution in [0.5, 0.6) is 0 Å². The molecule has 1 aromatic heterocycles. The zero-order chi connectivity index (χ0) is 22.1. The second-order valence-electron chi connectivity index (χ2n) is 7.83. The van der Waals surface area contributed by atoms with Crippen molar-refractivity contribution in [2.75, 3.05) is 26.7 Å². The number of piperidine rings is 1. The molecule has 1 spiro atoms. The predicted octanol–water partition coefficient (Wildman–Crippen LogP) is 3.85. The first-order valence-electron chi connectivity index (χ1n) is 10.1. The minimum absolute atomic E-state index is 0.0329. The van der Waals surface area contributed by atoms with Crippen LogP contribution in [0, 0.1) is 0 Å². The number of aromatic amines is 1. The standard InChI is InChI=1S/C22H25F2N5O2/c1-25-18-17(9-11-27-18)19(26-2)28-12-6-10-21(14-28)22(23,24)15-29(21)20(30)31-13-16-7-4-3-5-8-16/h3-5,7-9,11,27H,1,6,10,12-15H2,2H3/b26-19+. The summed E-state index contributed by atoms with van der Waals surface area (Å²) in [5, 5.41) is 0. The van der Waals surface area contributed by atoms with E-state index in [0.29, 0.717) is 30.2 Å². The lowest BCUT2D eigenvalue weighted by molar-refractivity contribution is -0.243. The van der Waals surface area contributed by atoms with Gasteiger partial charge in [-0.15, -0.1) is 0 Å². The average Bonchev–Trinajstić information content (AvgIpc) is 3.26. The first-order valence-corrected chi connectivity index (χ1v) is 10.1. The van der Waals surface area contributed by atoms with Gasteiger partial charge >= 0.3 is 6.09 Å². The van der Waals surface area contributed by atoms with Gasteiger partial charge in [0.15, 0.2) is 0 Å². The normalized spacial score (nSPS) is 22.9. The van der Waals surface area contributed by atoms with Gasteiger partial charge in [0.05, 0.1) is 12.1 Å². The maximum absolute atomic E-state index is 14.9. The molecule has 1 atom stereocenters. The van der Waals surface area contributed by atoms with E-state index in [1.54, 1.807) is 24.2 Å². The molecule has 164 valence electrons. The lowest BCUT2D eigenvalue weighted by Crippen LogP contribution is -2.80. The number of carbonyl (C=O) groups is 1. The number of rotatable bonds is 4. The number of hydrogen-bond donors (Lipinski definition) is 1. The van der Waals surface area contributed by atoms with E-state index in [1.807, 2.05) is 30.3 Å². The molecule has 2 aliphatic rings. The number of likely N-dealkylation sites (tertiary alicyclic amines) is 2. The third-order valence-electron chi connectivity index (χ3n) is 6.09. The van der Waals surface area contributed by atoms with Crippen LogP contribution < -0.4 is 0 Å². The van der Waals surface area contributed by atoms with E-state index in [4.69, 9.17) is 4.74 Å². The quantitative estimate of drug-likeness (QED) is 0.593. The highest BCUT2D eigenvalue weighted by Gasteiger charge is 2.70. The molecule has 1 aromatic carbocycles. The molecule has 1 amide bonds. The number of alkyl halides is 2. The molecule has 7 nitrogen and oxygen atoms in total. The molecule has 31 heavy (non-hydrogen) atoms. The van der Waals surface area contributed by atoms with Crippen molar-refractivity contribution in [1.82, 2.24) is 14.8 Å². The minimum atomic E-state index is -3.01. The number of aliphatic imine (C=N–C) groups is 2. The van der Waals surface area contributed by atoms with Crippen LogP contribution in [0.1, 0.15) is 24.0 Å². The maximum Gasteiger partial charge on any atom is 0.411 e. The molecular weight excluding hydrogens is 404 g/mol. The first kappa shape index (κ1) is 21.0. The molecule has 2 saturated heterocycles. The second-order valence-corrected chi connectivity index (χ2v) is 7.83. The highest BCUT2D eigenvalue weighted by atomic mass is 19.3. The van der Waals surface area contributed by atoms with Crippen LogP contribution in [0.25, 0.3) is 0 Å². The Kier molecular flexibility index (Phi) is 5.51. The van der Waals surface area contributed by atoms with E-state index in [1.165, 1.54) is 4.90 Å². The summed E-state index contributed by atoms with van der Waals surface area (Å²) < 4.78 is 35.2. The highest BCUT2D eigenvalue weighted by Crippen LogP contribution is 2.50. The van der Waals surface area contributed by atoms with Crippen molar-refractivity contribution in [1.29, 1.82) is 0 Å². The molecule has 4 rings (SSSR count). The minimum Gasteiger partial charge on any atom is -0.445 e. The molecule has 1 N–H and O–H groups in total. The van der Waals surface area contributed by atoms with Crippen LogP contribution in [0.3, 0.4) is 0 Å². The number of benzene rings is 1. The van der Waals surface area contributed by atoms with Crippen molar-refractivity contribution in [2.24, 2.45) is 9.98 Å². The molecule has 2 aromatic rings. The largest absolute Gasteiger partial charge is 0.445 e. The van der Waals surface area contributed by atoms with Gasteiger partial charge in [0, 0.05) is 26.3 Å². The Labute approximate surface area is 179 Å². The molecule has 2 aliphatic heterocycles. The summed E-state index contributed by atoms with van der Waals surface area (Å²) in [6.45, 7) is 3.46. The van der Waals surface area contributed by atoms with Gasteiger partial charge in [0.25, 0.3) is 5.92 Å². The summed E-state index contributed by atoms with van der Waals surface area (Å²) in [4.78, 5) is 26.9. The number of aromatic nitrogens is 1. The van der Waals surface area contributed by atoms with E-state index in [0.717, 1.165) is 5.56 Å². The van der Waals surface area contributed by atoms with Gasteiger partial charge in [-0.1, -0.05) is 30.3 Å².